The molecule has 0 saturated heterocycles. The number of thioether (sulfide) groups is 2. The molecular weight excluding hydrogens is 272 g/mol. The van der Waals surface area contributed by atoms with Crippen LogP contribution in [0.1, 0.15) is 12.7 Å². The number of ether oxygens (including phenoxy) is 1. The molecule has 0 bridgehead atoms. The Kier molecular flexibility index (Phi) is 5.67. The molecule has 0 fully saturated rings. The van der Waals surface area contributed by atoms with Gasteiger partial charge < -0.3 is 4.74 Å². The Morgan fingerprint density at radius 1 is 1.50 bits per heavy atom. The summed E-state index contributed by atoms with van der Waals surface area (Å²) < 4.78 is 8.78. The first-order valence-electron chi connectivity index (χ1n) is 5.34. The minimum atomic E-state index is -0.471. The Balaban J connectivity index is 3.24. The van der Waals surface area contributed by atoms with E-state index in [1.165, 1.54) is 28.2 Å². The van der Waals surface area contributed by atoms with E-state index in [0.717, 1.165) is 4.38 Å². The van der Waals surface area contributed by atoms with Gasteiger partial charge in [-0.05, 0) is 24.4 Å². The van der Waals surface area contributed by atoms with Crippen LogP contribution in [0.5, 0.6) is 0 Å². The van der Waals surface area contributed by atoms with Gasteiger partial charge in [0, 0.05) is 6.92 Å². The molecule has 0 saturated carbocycles. The zero-order valence-electron chi connectivity index (χ0n) is 11.1. The van der Waals surface area contributed by atoms with Crippen LogP contribution >= 0.6 is 23.5 Å². The molecule has 0 amide bonds. The first kappa shape index (κ1) is 15.0. The number of aryl methyl sites for hydroxylation is 1. The number of carbonyl (C=O) groups excluding carboxylic acids is 1. The lowest BCUT2D eigenvalue weighted by atomic mass is 10.7. The van der Waals surface area contributed by atoms with Gasteiger partial charge in [-0.3, -0.25) is 0 Å². The van der Waals surface area contributed by atoms with E-state index in [0.29, 0.717) is 18.4 Å². The van der Waals surface area contributed by atoms with Gasteiger partial charge in [-0.15, -0.1) is 28.2 Å². The molecule has 1 aromatic heterocycles. The van der Waals surface area contributed by atoms with Crippen molar-refractivity contribution in [2.24, 2.45) is 12.0 Å². The highest BCUT2D eigenvalue weighted by atomic mass is 32.2. The minimum Gasteiger partial charge on any atom is -0.447 e. The Bertz CT molecular complexity index is 465. The second kappa shape index (κ2) is 6.79. The molecule has 0 atom stereocenters. The number of rotatable bonds is 2. The van der Waals surface area contributed by atoms with Crippen molar-refractivity contribution in [3.8, 4) is 0 Å². The first-order valence-corrected chi connectivity index (χ1v) is 7.79. The molecule has 0 aliphatic heterocycles. The molecule has 0 N–H and O–H groups in total. The van der Waals surface area contributed by atoms with Crippen molar-refractivity contribution in [2.45, 2.75) is 13.8 Å². The van der Waals surface area contributed by atoms with Crippen molar-refractivity contribution in [3.05, 3.63) is 5.82 Å². The largest absolute Gasteiger partial charge is 0.455 e. The van der Waals surface area contributed by atoms with Crippen LogP contribution in [-0.4, -0.2) is 39.3 Å². The smallest absolute Gasteiger partial charge is 0.447 e. The summed E-state index contributed by atoms with van der Waals surface area (Å²) in [5, 5.41) is 0. The van der Waals surface area contributed by atoms with E-state index in [4.69, 9.17) is 4.74 Å². The van der Waals surface area contributed by atoms with Gasteiger partial charge in [0.15, 0.2) is 0 Å². The van der Waals surface area contributed by atoms with E-state index in [1.807, 2.05) is 19.4 Å². The molecule has 0 aliphatic rings. The Hall–Kier alpha value is -1.02. The monoisotopic (exact) mass is 289 g/mol. The highest BCUT2D eigenvalue weighted by Crippen LogP contribution is 2.17. The quantitative estimate of drug-likeness (QED) is 0.471. The average molecular weight is 289 g/mol. The van der Waals surface area contributed by atoms with Crippen LogP contribution in [0.3, 0.4) is 0 Å². The van der Waals surface area contributed by atoms with Crippen LogP contribution < -0.4 is 4.68 Å². The zero-order valence-corrected chi connectivity index (χ0v) is 12.8. The third-order valence-corrected chi connectivity index (χ3v) is 4.08. The van der Waals surface area contributed by atoms with Gasteiger partial charge in [-0.25, -0.2) is 4.79 Å². The van der Waals surface area contributed by atoms with Crippen LogP contribution in [-0.2, 0) is 11.8 Å². The fourth-order valence-electron chi connectivity index (χ4n) is 1.26. The number of nitrogens with zero attached hydrogens (tertiary/aromatic N) is 4. The fraction of sp³-hybridized carbons (Fsp3) is 0.600. The van der Waals surface area contributed by atoms with Crippen LogP contribution in [0.2, 0.25) is 0 Å². The predicted molar refractivity (Wildman–Crippen MR) is 74.7 cm³/mol. The van der Waals surface area contributed by atoms with Gasteiger partial charge in [0.2, 0.25) is 0 Å². The predicted octanol–water partition coefficient (Wildman–Crippen LogP) is 1.73. The summed E-state index contributed by atoms with van der Waals surface area (Å²) in [5.74, 6) is 1.04. The standard InChI is InChI=1S/C10H17N4O2S2/c1-6-16-10(15)14-8(11-7(2)13(14)3)12-9(17-4)18-5/h6H2,1-5H3/q+1. The SMILES string of the molecule is CCOC(=O)n1c(N=C(SC)SC)nc(C)[n+]1C. The summed E-state index contributed by atoms with van der Waals surface area (Å²) in [6.45, 7) is 3.89. The number of aromatic nitrogens is 3. The van der Waals surface area contributed by atoms with E-state index >= 15 is 0 Å². The van der Waals surface area contributed by atoms with Gasteiger partial charge in [0.1, 0.15) is 11.4 Å². The van der Waals surface area contributed by atoms with Crippen molar-refractivity contribution >= 4 is 39.9 Å². The lowest BCUT2D eigenvalue weighted by molar-refractivity contribution is -0.748. The van der Waals surface area contributed by atoms with E-state index in [2.05, 4.69) is 9.98 Å². The molecule has 0 spiro atoms. The molecule has 100 valence electrons. The van der Waals surface area contributed by atoms with Crippen molar-refractivity contribution < 1.29 is 14.2 Å². The fourth-order valence-corrected chi connectivity index (χ4v) is 2.27. The number of carbonyl (C=O) groups is 1. The second-order valence-corrected chi connectivity index (χ2v) is 5.13. The third-order valence-electron chi connectivity index (χ3n) is 2.20. The van der Waals surface area contributed by atoms with Gasteiger partial charge in [0.25, 0.3) is 0 Å². The highest BCUT2D eigenvalue weighted by molar-refractivity contribution is 8.38. The molecule has 1 aromatic rings. The van der Waals surface area contributed by atoms with Crippen LogP contribution in [0.15, 0.2) is 4.99 Å². The maximum Gasteiger partial charge on any atom is 0.455 e. The molecule has 0 radical (unpaired) electrons. The van der Waals surface area contributed by atoms with Crippen molar-refractivity contribution in [1.82, 2.24) is 9.67 Å². The normalized spacial score (nSPS) is 10.3. The Labute approximate surface area is 115 Å². The zero-order chi connectivity index (χ0) is 13.7. The van der Waals surface area contributed by atoms with E-state index < -0.39 is 6.09 Å². The third kappa shape index (κ3) is 3.26. The maximum atomic E-state index is 11.9. The number of aliphatic imine (C=N–C) groups is 1. The molecule has 0 aliphatic carbocycles. The topological polar surface area (TPSA) is 60.4 Å². The van der Waals surface area contributed by atoms with Crippen LogP contribution in [0.25, 0.3) is 0 Å². The van der Waals surface area contributed by atoms with Gasteiger partial charge in [-0.2, -0.15) is 4.99 Å². The molecule has 1 rings (SSSR count). The summed E-state index contributed by atoms with van der Waals surface area (Å²) in [4.78, 5) is 20.5. The molecule has 0 unspecified atom stereocenters. The number of hydrogen-bond donors (Lipinski definition) is 0. The summed E-state index contributed by atoms with van der Waals surface area (Å²) in [6, 6.07) is 0. The van der Waals surface area contributed by atoms with Crippen molar-refractivity contribution in [3.63, 3.8) is 0 Å². The molecule has 8 heteroatoms. The summed E-state index contributed by atoms with van der Waals surface area (Å²) in [6.07, 6.45) is 3.39. The molecule has 6 nitrogen and oxygen atoms in total. The van der Waals surface area contributed by atoms with Gasteiger partial charge in [-0.1, -0.05) is 4.68 Å². The summed E-state index contributed by atoms with van der Waals surface area (Å²) in [5.41, 5.74) is 0. The minimum absolute atomic E-state index is 0.317. The van der Waals surface area contributed by atoms with E-state index in [9.17, 15) is 4.79 Å². The van der Waals surface area contributed by atoms with Gasteiger partial charge in [0.05, 0.1) is 6.61 Å². The number of hydrogen-bond acceptors (Lipinski definition) is 6. The second-order valence-electron chi connectivity index (χ2n) is 3.28. The van der Waals surface area contributed by atoms with E-state index in [-0.39, 0.29) is 0 Å². The van der Waals surface area contributed by atoms with Crippen molar-refractivity contribution in [1.29, 1.82) is 0 Å². The molecule has 0 aromatic carbocycles. The Morgan fingerprint density at radius 2 is 2.11 bits per heavy atom. The maximum absolute atomic E-state index is 11.9. The van der Waals surface area contributed by atoms with Crippen LogP contribution in [0.4, 0.5) is 10.7 Å². The average Bonchev–Trinajstić information content (AvgIpc) is 2.62. The summed E-state index contributed by atoms with van der Waals surface area (Å²) >= 11 is 3.02. The lowest BCUT2D eigenvalue weighted by Crippen LogP contribution is -2.44. The first-order chi connectivity index (χ1) is 8.54. The van der Waals surface area contributed by atoms with Crippen molar-refractivity contribution in [2.75, 3.05) is 19.1 Å². The lowest BCUT2D eigenvalue weighted by Gasteiger charge is -2.02. The van der Waals surface area contributed by atoms with E-state index in [1.54, 1.807) is 18.7 Å². The molecular formula is C10H17N4O2S2+. The van der Waals surface area contributed by atoms with Gasteiger partial charge >= 0.3 is 17.9 Å². The van der Waals surface area contributed by atoms with Crippen LogP contribution in [0, 0.1) is 6.92 Å². The summed E-state index contributed by atoms with van der Waals surface area (Å²) in [7, 11) is 1.75. The Morgan fingerprint density at radius 3 is 2.61 bits per heavy atom. The molecule has 1 heterocycles. The molecule has 18 heavy (non-hydrogen) atoms. The highest BCUT2D eigenvalue weighted by Gasteiger charge is 2.26.